The lowest BCUT2D eigenvalue weighted by Gasteiger charge is -2.13. The zero-order valence-electron chi connectivity index (χ0n) is 11.6. The summed E-state index contributed by atoms with van der Waals surface area (Å²) in [5.74, 6) is 0.929. The Morgan fingerprint density at radius 3 is 2.67 bits per heavy atom. The van der Waals surface area contributed by atoms with Gasteiger partial charge in [-0.05, 0) is 11.4 Å². The largest absolute Gasteiger partial charge is 0.495 e. The number of amides is 2. The van der Waals surface area contributed by atoms with Gasteiger partial charge in [0, 0.05) is 17.0 Å². The van der Waals surface area contributed by atoms with Gasteiger partial charge < -0.3 is 20.1 Å². The van der Waals surface area contributed by atoms with Gasteiger partial charge in [-0.2, -0.15) is 0 Å². The molecule has 5 nitrogen and oxygen atoms in total. The molecule has 2 N–H and O–H groups in total. The number of ether oxygens (including phenoxy) is 2. The molecule has 0 radical (unpaired) electrons. The SMILES string of the molecule is COc1cc(NC(=O)NCc2cccs2)c(OC)cc1Cl. The summed E-state index contributed by atoms with van der Waals surface area (Å²) in [4.78, 5) is 13.0. The van der Waals surface area contributed by atoms with E-state index in [0.717, 1.165) is 4.88 Å². The quantitative estimate of drug-likeness (QED) is 0.880. The molecule has 0 unspecified atom stereocenters. The third-order valence-corrected chi connectivity index (χ3v) is 3.90. The molecule has 0 aliphatic heterocycles. The Kier molecular flexibility index (Phi) is 5.30. The van der Waals surface area contributed by atoms with Gasteiger partial charge in [-0.25, -0.2) is 4.79 Å². The average Bonchev–Trinajstić information content (AvgIpc) is 2.99. The minimum Gasteiger partial charge on any atom is -0.495 e. The summed E-state index contributed by atoms with van der Waals surface area (Å²) in [5, 5.41) is 7.86. The molecule has 1 aromatic heterocycles. The molecule has 0 saturated heterocycles. The first kappa shape index (κ1) is 15.5. The van der Waals surface area contributed by atoms with Gasteiger partial charge in [-0.3, -0.25) is 0 Å². The fraction of sp³-hybridized carbons (Fsp3) is 0.214. The van der Waals surface area contributed by atoms with Crippen LogP contribution in [0, 0.1) is 0 Å². The maximum atomic E-state index is 11.9. The van der Waals surface area contributed by atoms with Gasteiger partial charge in [0.2, 0.25) is 0 Å². The molecule has 0 aliphatic rings. The highest BCUT2D eigenvalue weighted by atomic mass is 35.5. The first-order valence-corrected chi connectivity index (χ1v) is 7.38. The number of hydrogen-bond acceptors (Lipinski definition) is 4. The highest BCUT2D eigenvalue weighted by Crippen LogP contribution is 2.35. The Labute approximate surface area is 131 Å². The molecule has 112 valence electrons. The molecular formula is C14H15ClN2O3S. The second-order valence-corrected chi connectivity index (χ2v) is 5.51. The minimum absolute atomic E-state index is 0.328. The molecule has 0 atom stereocenters. The zero-order chi connectivity index (χ0) is 15.2. The third-order valence-electron chi connectivity index (χ3n) is 2.73. The fourth-order valence-corrected chi connectivity index (χ4v) is 2.58. The summed E-state index contributed by atoms with van der Waals surface area (Å²) < 4.78 is 10.3. The van der Waals surface area contributed by atoms with Crippen LogP contribution in [0.5, 0.6) is 11.5 Å². The van der Waals surface area contributed by atoms with Crippen molar-refractivity contribution in [2.45, 2.75) is 6.54 Å². The Balaban J connectivity index is 2.05. The maximum absolute atomic E-state index is 11.9. The van der Waals surface area contributed by atoms with Crippen LogP contribution in [0.25, 0.3) is 0 Å². The fourth-order valence-electron chi connectivity index (χ4n) is 1.71. The van der Waals surface area contributed by atoms with Gasteiger partial charge in [0.1, 0.15) is 11.5 Å². The number of hydrogen-bond donors (Lipinski definition) is 2. The second kappa shape index (κ2) is 7.19. The van der Waals surface area contributed by atoms with Crippen molar-refractivity contribution in [2.24, 2.45) is 0 Å². The third kappa shape index (κ3) is 4.03. The van der Waals surface area contributed by atoms with Gasteiger partial charge in [-0.15, -0.1) is 11.3 Å². The van der Waals surface area contributed by atoms with E-state index in [1.54, 1.807) is 23.5 Å². The van der Waals surface area contributed by atoms with Crippen molar-refractivity contribution in [1.82, 2.24) is 5.32 Å². The molecule has 21 heavy (non-hydrogen) atoms. The number of thiophene rings is 1. The van der Waals surface area contributed by atoms with Crippen LogP contribution in [-0.2, 0) is 6.54 Å². The lowest BCUT2D eigenvalue weighted by molar-refractivity contribution is 0.251. The highest BCUT2D eigenvalue weighted by molar-refractivity contribution is 7.09. The molecule has 0 aliphatic carbocycles. The number of methoxy groups -OCH3 is 2. The Morgan fingerprint density at radius 1 is 1.29 bits per heavy atom. The lowest BCUT2D eigenvalue weighted by atomic mass is 10.2. The van der Waals surface area contributed by atoms with Crippen molar-refractivity contribution in [1.29, 1.82) is 0 Å². The van der Waals surface area contributed by atoms with Gasteiger partial charge in [0.05, 0.1) is 31.5 Å². The minimum atomic E-state index is -0.328. The molecule has 0 spiro atoms. The van der Waals surface area contributed by atoms with E-state index < -0.39 is 0 Å². The molecule has 0 bridgehead atoms. The van der Waals surface area contributed by atoms with E-state index in [4.69, 9.17) is 21.1 Å². The van der Waals surface area contributed by atoms with E-state index >= 15 is 0 Å². The van der Waals surface area contributed by atoms with E-state index in [1.165, 1.54) is 14.2 Å². The average molecular weight is 327 g/mol. The number of benzene rings is 1. The predicted octanol–water partition coefficient (Wildman–Crippen LogP) is 3.74. The molecule has 2 rings (SSSR count). The van der Waals surface area contributed by atoms with Crippen molar-refractivity contribution in [2.75, 3.05) is 19.5 Å². The first-order chi connectivity index (χ1) is 10.1. The van der Waals surface area contributed by atoms with E-state index in [0.29, 0.717) is 28.8 Å². The Hall–Kier alpha value is -1.92. The van der Waals surface area contributed by atoms with Crippen molar-refractivity contribution in [3.63, 3.8) is 0 Å². The topological polar surface area (TPSA) is 59.6 Å². The monoisotopic (exact) mass is 326 g/mol. The van der Waals surface area contributed by atoms with Crippen LogP contribution in [-0.4, -0.2) is 20.3 Å². The summed E-state index contributed by atoms with van der Waals surface area (Å²) in [6.07, 6.45) is 0. The maximum Gasteiger partial charge on any atom is 0.319 e. The van der Waals surface area contributed by atoms with Crippen LogP contribution in [0.15, 0.2) is 29.6 Å². The van der Waals surface area contributed by atoms with E-state index in [-0.39, 0.29) is 6.03 Å². The first-order valence-electron chi connectivity index (χ1n) is 6.12. The van der Waals surface area contributed by atoms with Crippen LogP contribution in [0.1, 0.15) is 4.88 Å². The Bertz CT molecular complexity index is 617. The van der Waals surface area contributed by atoms with E-state index in [2.05, 4.69) is 10.6 Å². The number of halogens is 1. The highest BCUT2D eigenvalue weighted by Gasteiger charge is 2.12. The normalized spacial score (nSPS) is 10.0. The summed E-state index contributed by atoms with van der Waals surface area (Å²) in [7, 11) is 3.02. The molecule has 0 saturated carbocycles. The van der Waals surface area contributed by atoms with Gasteiger partial charge >= 0.3 is 6.03 Å². The Morgan fingerprint density at radius 2 is 2.05 bits per heavy atom. The number of nitrogens with one attached hydrogen (secondary N) is 2. The van der Waals surface area contributed by atoms with Crippen LogP contribution < -0.4 is 20.1 Å². The van der Waals surface area contributed by atoms with Crippen LogP contribution in [0.3, 0.4) is 0 Å². The van der Waals surface area contributed by atoms with Crippen LogP contribution in [0.4, 0.5) is 10.5 Å². The summed E-state index contributed by atoms with van der Waals surface area (Å²) in [6.45, 7) is 0.469. The van der Waals surface area contributed by atoms with E-state index in [1.807, 2.05) is 17.5 Å². The molecule has 1 aromatic carbocycles. The molecular weight excluding hydrogens is 312 g/mol. The second-order valence-electron chi connectivity index (χ2n) is 4.07. The number of rotatable bonds is 5. The predicted molar refractivity (Wildman–Crippen MR) is 84.7 cm³/mol. The summed E-state index contributed by atoms with van der Waals surface area (Å²) >= 11 is 7.60. The van der Waals surface area contributed by atoms with E-state index in [9.17, 15) is 4.79 Å². The molecule has 2 aromatic rings. The van der Waals surface area contributed by atoms with Gasteiger partial charge in [0.15, 0.2) is 0 Å². The zero-order valence-corrected chi connectivity index (χ0v) is 13.2. The van der Waals surface area contributed by atoms with Crippen molar-refractivity contribution < 1.29 is 14.3 Å². The van der Waals surface area contributed by atoms with Crippen molar-refractivity contribution in [3.8, 4) is 11.5 Å². The van der Waals surface area contributed by atoms with Crippen molar-refractivity contribution in [3.05, 3.63) is 39.5 Å². The van der Waals surface area contributed by atoms with Gasteiger partial charge in [0.25, 0.3) is 0 Å². The number of carbonyl (C=O) groups excluding carboxylic acids is 1. The molecule has 7 heteroatoms. The standard InChI is InChI=1S/C14H15ClN2O3S/c1-19-12-7-11(13(20-2)6-10(12)15)17-14(18)16-8-9-4-3-5-21-9/h3-7H,8H2,1-2H3,(H2,16,17,18). The smallest absolute Gasteiger partial charge is 0.319 e. The lowest BCUT2D eigenvalue weighted by Crippen LogP contribution is -2.28. The van der Waals surface area contributed by atoms with Gasteiger partial charge in [-0.1, -0.05) is 17.7 Å². The number of anilines is 1. The molecule has 1 heterocycles. The summed E-state index contributed by atoms with van der Waals surface area (Å²) in [5.41, 5.74) is 0.488. The molecule has 0 fully saturated rings. The van der Waals surface area contributed by atoms with Crippen molar-refractivity contribution >= 4 is 34.7 Å². The summed E-state index contributed by atoms with van der Waals surface area (Å²) in [6, 6.07) is 6.77. The van der Waals surface area contributed by atoms with Crippen LogP contribution in [0.2, 0.25) is 5.02 Å². The number of carbonyl (C=O) groups is 1. The van der Waals surface area contributed by atoms with Crippen LogP contribution >= 0.6 is 22.9 Å². The number of urea groups is 1. The molecule has 2 amide bonds.